The van der Waals surface area contributed by atoms with Crippen LogP contribution >= 0.6 is 12.2 Å². The number of halogens is 1. The fourth-order valence-electron chi connectivity index (χ4n) is 2.27. The van der Waals surface area contributed by atoms with Crippen molar-refractivity contribution in [2.75, 3.05) is 6.26 Å². The van der Waals surface area contributed by atoms with Crippen LogP contribution in [0.15, 0.2) is 24.3 Å². The van der Waals surface area contributed by atoms with Crippen molar-refractivity contribution in [2.24, 2.45) is 11.7 Å². The molecular weight excluding hydrogens is 261 g/mol. The highest BCUT2D eigenvalue weighted by Gasteiger charge is 2.58. The fourth-order valence-corrected chi connectivity index (χ4v) is 4.26. The minimum atomic E-state index is -3.22. The Kier molecular flexibility index (Phi) is 2.95. The van der Waals surface area contributed by atoms with E-state index < -0.39 is 15.1 Å². The van der Waals surface area contributed by atoms with E-state index in [0.717, 1.165) is 6.26 Å². The molecule has 1 aliphatic rings. The molecule has 1 saturated carbocycles. The summed E-state index contributed by atoms with van der Waals surface area (Å²) < 4.78 is 36.2. The molecule has 2 N–H and O–H groups in total. The molecular formula is C11H12FNO2S2. The van der Waals surface area contributed by atoms with Crippen LogP contribution < -0.4 is 5.73 Å². The maximum Gasteiger partial charge on any atom is 0.151 e. The predicted octanol–water partition coefficient (Wildman–Crippen LogP) is 1.24. The molecule has 3 nitrogen and oxygen atoms in total. The first-order valence-electron chi connectivity index (χ1n) is 5.06. The molecule has 1 aliphatic carbocycles. The number of benzene rings is 1. The van der Waals surface area contributed by atoms with E-state index in [0.29, 0.717) is 5.56 Å². The second-order valence-corrected chi connectivity index (χ2v) is 6.98. The summed E-state index contributed by atoms with van der Waals surface area (Å²) >= 11 is 4.86. The summed E-state index contributed by atoms with van der Waals surface area (Å²) in [7, 11) is -3.22. The minimum absolute atomic E-state index is 0.176. The fraction of sp³-hybridized carbons (Fsp3) is 0.364. The first-order chi connectivity index (χ1) is 7.82. The molecule has 0 aromatic heterocycles. The van der Waals surface area contributed by atoms with Crippen molar-refractivity contribution in [3.63, 3.8) is 0 Å². The smallest absolute Gasteiger partial charge is 0.151 e. The normalized spacial score (nSPS) is 27.8. The summed E-state index contributed by atoms with van der Waals surface area (Å²) in [5.41, 5.74) is 6.16. The number of hydrogen-bond acceptors (Lipinski definition) is 3. The van der Waals surface area contributed by atoms with Gasteiger partial charge in [0.2, 0.25) is 0 Å². The highest BCUT2D eigenvalue weighted by atomic mass is 32.2. The number of hydrogen-bond donors (Lipinski definition) is 1. The zero-order chi connectivity index (χ0) is 12.8. The third-order valence-electron chi connectivity index (χ3n) is 3.01. The van der Waals surface area contributed by atoms with Gasteiger partial charge in [0.15, 0.2) is 9.84 Å². The predicted molar refractivity (Wildman–Crippen MR) is 68.0 cm³/mol. The highest BCUT2D eigenvalue weighted by Crippen LogP contribution is 2.52. The van der Waals surface area contributed by atoms with Crippen LogP contribution in [0.5, 0.6) is 0 Å². The van der Waals surface area contributed by atoms with Gasteiger partial charge in [-0.3, -0.25) is 0 Å². The zero-order valence-electron chi connectivity index (χ0n) is 9.13. The van der Waals surface area contributed by atoms with Crippen LogP contribution in [0.2, 0.25) is 0 Å². The van der Waals surface area contributed by atoms with Gasteiger partial charge in [0.05, 0.1) is 10.2 Å². The van der Waals surface area contributed by atoms with Crippen LogP contribution in [0.1, 0.15) is 11.5 Å². The lowest BCUT2D eigenvalue weighted by Gasteiger charge is -1.99. The van der Waals surface area contributed by atoms with Gasteiger partial charge in [-0.1, -0.05) is 24.4 Å². The van der Waals surface area contributed by atoms with Crippen LogP contribution in [-0.4, -0.2) is 24.9 Å². The summed E-state index contributed by atoms with van der Waals surface area (Å²) in [6.45, 7) is 0. The molecule has 1 aromatic rings. The van der Waals surface area contributed by atoms with Crippen molar-refractivity contribution in [1.82, 2.24) is 0 Å². The van der Waals surface area contributed by atoms with Gasteiger partial charge in [-0.05, 0) is 17.7 Å². The summed E-state index contributed by atoms with van der Waals surface area (Å²) in [5.74, 6) is -1.07. The first kappa shape index (κ1) is 12.4. The maximum atomic E-state index is 13.1. The molecule has 3 atom stereocenters. The van der Waals surface area contributed by atoms with Crippen molar-refractivity contribution in [3.8, 4) is 0 Å². The molecule has 6 heteroatoms. The van der Waals surface area contributed by atoms with Gasteiger partial charge in [0, 0.05) is 18.1 Å². The van der Waals surface area contributed by atoms with E-state index in [1.54, 1.807) is 12.1 Å². The Balaban J connectivity index is 2.37. The van der Waals surface area contributed by atoms with E-state index in [9.17, 15) is 12.8 Å². The van der Waals surface area contributed by atoms with E-state index in [2.05, 4.69) is 0 Å². The van der Waals surface area contributed by atoms with Crippen LogP contribution in [0.4, 0.5) is 4.39 Å². The molecule has 0 aliphatic heterocycles. The number of thiocarbonyl (C=S) groups is 1. The average Bonchev–Trinajstić information content (AvgIpc) is 2.91. The Bertz CT molecular complexity index is 571. The molecule has 92 valence electrons. The summed E-state index contributed by atoms with van der Waals surface area (Å²) in [4.78, 5) is 0.176. The van der Waals surface area contributed by atoms with Crippen LogP contribution in [0.3, 0.4) is 0 Å². The molecule has 0 bridgehead atoms. The minimum Gasteiger partial charge on any atom is -0.393 e. The molecule has 0 unspecified atom stereocenters. The standard InChI is InChI=1S/C11H12FNO2S2/c1-17(14,15)10-8(9(10)11(13)16)6-3-2-4-7(12)5-6/h2-5,8-10H,1H3,(H2,13,16)/t8-,9+,10+/m0/s1. The molecule has 17 heavy (non-hydrogen) atoms. The SMILES string of the molecule is CS(=O)(=O)[C@H]1[C@H](C(N)=S)[C@@H]1c1cccc(F)c1. The first-order valence-corrected chi connectivity index (χ1v) is 7.42. The van der Waals surface area contributed by atoms with Crippen molar-refractivity contribution in [3.05, 3.63) is 35.6 Å². The van der Waals surface area contributed by atoms with E-state index in [1.165, 1.54) is 12.1 Å². The Morgan fingerprint density at radius 1 is 1.47 bits per heavy atom. The second-order valence-electron chi connectivity index (χ2n) is 4.30. The zero-order valence-corrected chi connectivity index (χ0v) is 10.8. The molecule has 0 heterocycles. The molecule has 0 saturated heterocycles. The largest absolute Gasteiger partial charge is 0.393 e. The maximum absolute atomic E-state index is 13.1. The highest BCUT2D eigenvalue weighted by molar-refractivity contribution is 7.91. The molecule has 0 amide bonds. The van der Waals surface area contributed by atoms with Gasteiger partial charge in [-0.15, -0.1) is 0 Å². The topological polar surface area (TPSA) is 60.2 Å². The summed E-state index contributed by atoms with van der Waals surface area (Å²) in [6.07, 6.45) is 1.15. The number of rotatable bonds is 3. The summed E-state index contributed by atoms with van der Waals surface area (Å²) in [5, 5.41) is -0.609. The van der Waals surface area contributed by atoms with Gasteiger partial charge in [-0.2, -0.15) is 0 Å². The quantitative estimate of drug-likeness (QED) is 0.842. The van der Waals surface area contributed by atoms with Gasteiger partial charge < -0.3 is 5.73 Å². The molecule has 1 aromatic carbocycles. The van der Waals surface area contributed by atoms with Gasteiger partial charge >= 0.3 is 0 Å². The molecule has 2 rings (SSSR count). The van der Waals surface area contributed by atoms with E-state index in [1.807, 2.05) is 0 Å². The van der Waals surface area contributed by atoms with Crippen molar-refractivity contribution in [2.45, 2.75) is 11.2 Å². The lowest BCUT2D eigenvalue weighted by atomic mass is 10.1. The van der Waals surface area contributed by atoms with E-state index >= 15 is 0 Å². The Hall–Kier alpha value is -1.01. The van der Waals surface area contributed by atoms with E-state index in [4.69, 9.17) is 18.0 Å². The van der Waals surface area contributed by atoms with Gasteiger partial charge in [0.25, 0.3) is 0 Å². The third kappa shape index (κ3) is 2.32. The van der Waals surface area contributed by atoms with Crippen molar-refractivity contribution in [1.29, 1.82) is 0 Å². The lowest BCUT2D eigenvalue weighted by molar-refractivity contribution is 0.599. The van der Waals surface area contributed by atoms with Crippen LogP contribution in [0.25, 0.3) is 0 Å². The monoisotopic (exact) mass is 273 g/mol. The molecule has 0 spiro atoms. The lowest BCUT2D eigenvalue weighted by Crippen LogP contribution is -2.16. The Morgan fingerprint density at radius 2 is 2.12 bits per heavy atom. The Labute approximate surface area is 105 Å². The third-order valence-corrected chi connectivity index (χ3v) is 4.86. The van der Waals surface area contributed by atoms with Crippen molar-refractivity contribution < 1.29 is 12.8 Å². The molecule has 0 radical (unpaired) electrons. The van der Waals surface area contributed by atoms with Crippen molar-refractivity contribution >= 4 is 27.0 Å². The van der Waals surface area contributed by atoms with Crippen LogP contribution in [0, 0.1) is 11.7 Å². The number of nitrogens with two attached hydrogens (primary N) is 1. The van der Waals surface area contributed by atoms with Gasteiger partial charge in [-0.25, -0.2) is 12.8 Å². The van der Waals surface area contributed by atoms with Crippen LogP contribution in [-0.2, 0) is 9.84 Å². The van der Waals surface area contributed by atoms with Gasteiger partial charge in [0.1, 0.15) is 5.82 Å². The molecule has 1 fully saturated rings. The average molecular weight is 273 g/mol. The second kappa shape index (κ2) is 4.03. The van der Waals surface area contributed by atoms with E-state index in [-0.39, 0.29) is 22.6 Å². The Morgan fingerprint density at radius 3 is 2.53 bits per heavy atom. The summed E-state index contributed by atoms with van der Waals surface area (Å²) in [6, 6.07) is 5.90. The number of sulfone groups is 1.